The number of fused-ring (bicyclic) bond motifs is 1. The van der Waals surface area contributed by atoms with Crippen LogP contribution in [0.4, 0.5) is 10.5 Å². The third-order valence-electron chi connectivity index (χ3n) is 5.82. The number of pyridine rings is 1. The Bertz CT molecular complexity index is 1080. The molecule has 2 heterocycles. The van der Waals surface area contributed by atoms with Gasteiger partial charge < -0.3 is 29.5 Å². The number of carbonyl (C=O) groups is 1. The first-order valence-corrected chi connectivity index (χ1v) is 11.7. The number of alkyl carbamates (subject to hydrolysis) is 1. The zero-order chi connectivity index (χ0) is 25.6. The lowest BCUT2D eigenvalue weighted by atomic mass is 10.1. The smallest absolute Gasteiger partial charge is 0.407 e. The number of aliphatic hydroxyl groups is 1. The zero-order valence-corrected chi connectivity index (χ0v) is 21.1. The average molecular weight is 486 g/mol. The van der Waals surface area contributed by atoms with Gasteiger partial charge in [0.15, 0.2) is 11.5 Å². The predicted molar refractivity (Wildman–Crippen MR) is 133 cm³/mol. The van der Waals surface area contributed by atoms with Crippen LogP contribution in [0.3, 0.4) is 0 Å². The van der Waals surface area contributed by atoms with Gasteiger partial charge in [0.05, 0.1) is 37.6 Å². The van der Waals surface area contributed by atoms with Gasteiger partial charge in [-0.1, -0.05) is 0 Å². The van der Waals surface area contributed by atoms with Crippen LogP contribution >= 0.6 is 0 Å². The Hall–Kier alpha value is -3.29. The third-order valence-corrected chi connectivity index (χ3v) is 5.82. The molecule has 1 aliphatic heterocycles. The van der Waals surface area contributed by atoms with E-state index >= 15 is 0 Å². The molecule has 1 saturated heterocycles. The summed E-state index contributed by atoms with van der Waals surface area (Å²) in [6.07, 6.45) is 1.47. The SMILES string of the molecule is COc1cc2ncc(C#N)c(N3CCCN(C(O)CCOC(=O)NC(C)(C)C)CC3)c2cc1OC. The van der Waals surface area contributed by atoms with Crippen molar-refractivity contribution in [3.05, 3.63) is 23.9 Å². The maximum Gasteiger partial charge on any atom is 0.407 e. The monoisotopic (exact) mass is 485 g/mol. The predicted octanol–water partition coefficient (Wildman–Crippen LogP) is 2.87. The Morgan fingerprint density at radius 3 is 2.57 bits per heavy atom. The van der Waals surface area contributed by atoms with E-state index in [0.29, 0.717) is 48.6 Å². The molecule has 1 unspecified atom stereocenters. The fraction of sp³-hybridized carbons (Fsp3) is 0.560. The van der Waals surface area contributed by atoms with Gasteiger partial charge in [0, 0.05) is 55.8 Å². The van der Waals surface area contributed by atoms with Crippen molar-refractivity contribution < 1.29 is 24.1 Å². The van der Waals surface area contributed by atoms with Crippen molar-refractivity contribution in [2.24, 2.45) is 0 Å². The molecule has 1 aromatic carbocycles. The van der Waals surface area contributed by atoms with Gasteiger partial charge in [-0.2, -0.15) is 5.26 Å². The molecule has 10 heteroatoms. The van der Waals surface area contributed by atoms with Crippen LogP contribution in [0.15, 0.2) is 18.3 Å². The molecule has 0 radical (unpaired) electrons. The molecule has 3 rings (SSSR count). The van der Waals surface area contributed by atoms with E-state index in [4.69, 9.17) is 14.2 Å². The molecule has 2 N–H and O–H groups in total. The van der Waals surface area contributed by atoms with Crippen LogP contribution < -0.4 is 19.7 Å². The molecule has 1 atom stereocenters. The second-order valence-corrected chi connectivity index (χ2v) is 9.51. The lowest BCUT2D eigenvalue weighted by Gasteiger charge is -2.28. The number of rotatable bonds is 7. The maximum atomic E-state index is 11.8. The van der Waals surface area contributed by atoms with Gasteiger partial charge in [-0.3, -0.25) is 9.88 Å². The number of hydrogen-bond acceptors (Lipinski definition) is 9. The number of anilines is 1. The second-order valence-electron chi connectivity index (χ2n) is 9.51. The first-order chi connectivity index (χ1) is 16.7. The largest absolute Gasteiger partial charge is 0.493 e. The Morgan fingerprint density at radius 1 is 1.20 bits per heavy atom. The van der Waals surface area contributed by atoms with Gasteiger partial charge in [-0.15, -0.1) is 0 Å². The van der Waals surface area contributed by atoms with E-state index in [9.17, 15) is 15.2 Å². The second kappa shape index (κ2) is 11.4. The summed E-state index contributed by atoms with van der Waals surface area (Å²) in [5.74, 6) is 1.15. The molecule has 0 saturated carbocycles. The molecule has 1 aliphatic rings. The van der Waals surface area contributed by atoms with E-state index in [-0.39, 0.29) is 12.1 Å². The highest BCUT2D eigenvalue weighted by Gasteiger charge is 2.24. The summed E-state index contributed by atoms with van der Waals surface area (Å²) in [6, 6.07) is 5.93. The summed E-state index contributed by atoms with van der Waals surface area (Å²) in [4.78, 5) is 20.4. The van der Waals surface area contributed by atoms with Crippen molar-refractivity contribution in [1.82, 2.24) is 15.2 Å². The normalized spacial score (nSPS) is 15.7. The molecule has 0 spiro atoms. The summed E-state index contributed by atoms with van der Waals surface area (Å²) in [6.45, 7) is 8.37. The van der Waals surface area contributed by atoms with E-state index in [1.165, 1.54) is 0 Å². The minimum absolute atomic E-state index is 0.124. The van der Waals surface area contributed by atoms with Crippen LogP contribution in [0.5, 0.6) is 11.5 Å². The van der Waals surface area contributed by atoms with Crippen LogP contribution in [0, 0.1) is 11.3 Å². The number of nitrogens with one attached hydrogen (secondary N) is 1. The highest BCUT2D eigenvalue weighted by Crippen LogP contribution is 2.37. The van der Waals surface area contributed by atoms with Gasteiger partial charge in [0.25, 0.3) is 0 Å². The number of carbonyl (C=O) groups excluding carboxylic acids is 1. The van der Waals surface area contributed by atoms with Crippen LogP contribution in [0.2, 0.25) is 0 Å². The highest BCUT2D eigenvalue weighted by molar-refractivity contribution is 5.96. The van der Waals surface area contributed by atoms with Gasteiger partial charge in [-0.05, 0) is 33.3 Å². The van der Waals surface area contributed by atoms with Crippen LogP contribution in [0.25, 0.3) is 10.9 Å². The molecule has 1 amide bonds. The van der Waals surface area contributed by atoms with E-state index in [2.05, 4.69) is 21.3 Å². The number of aliphatic hydroxyl groups excluding tert-OH is 1. The molecular weight excluding hydrogens is 450 g/mol. The summed E-state index contributed by atoms with van der Waals surface area (Å²) in [7, 11) is 3.15. The quantitative estimate of drug-likeness (QED) is 0.610. The standard InChI is InChI=1S/C25H35N5O5/c1-25(2,3)28-24(32)35-12-7-22(31)29-8-6-9-30(11-10-29)23-17(15-26)16-27-19-14-21(34-5)20(33-4)13-18(19)23/h13-14,16,22,31H,6-12H2,1-5H3,(H,28,32). The summed E-state index contributed by atoms with van der Waals surface area (Å²) >= 11 is 0. The number of benzene rings is 1. The van der Waals surface area contributed by atoms with Crippen LogP contribution in [-0.4, -0.2) is 79.9 Å². The van der Waals surface area contributed by atoms with E-state index in [1.54, 1.807) is 20.4 Å². The molecule has 190 valence electrons. The fourth-order valence-electron chi connectivity index (χ4n) is 4.17. The molecule has 1 fully saturated rings. The van der Waals surface area contributed by atoms with Gasteiger partial charge in [-0.25, -0.2) is 4.79 Å². The number of nitriles is 1. The maximum absolute atomic E-state index is 11.8. The average Bonchev–Trinajstić information content (AvgIpc) is 3.07. The molecule has 1 aromatic heterocycles. The first-order valence-electron chi connectivity index (χ1n) is 11.7. The topological polar surface area (TPSA) is 120 Å². The Kier molecular flexibility index (Phi) is 8.59. The van der Waals surface area contributed by atoms with Crippen LogP contribution in [0.1, 0.15) is 39.2 Å². The van der Waals surface area contributed by atoms with E-state index < -0.39 is 12.3 Å². The van der Waals surface area contributed by atoms with Crippen molar-refractivity contribution in [2.45, 2.75) is 45.4 Å². The summed E-state index contributed by atoms with van der Waals surface area (Å²) in [5.41, 5.74) is 1.62. The van der Waals surface area contributed by atoms with Gasteiger partial charge >= 0.3 is 6.09 Å². The fourth-order valence-corrected chi connectivity index (χ4v) is 4.17. The highest BCUT2D eigenvalue weighted by atomic mass is 16.5. The van der Waals surface area contributed by atoms with Crippen molar-refractivity contribution in [2.75, 3.05) is 51.9 Å². The Balaban J connectivity index is 1.71. The van der Waals surface area contributed by atoms with Crippen molar-refractivity contribution in [3.8, 4) is 17.6 Å². The molecule has 2 aromatic rings. The number of amides is 1. The van der Waals surface area contributed by atoms with Crippen molar-refractivity contribution >= 4 is 22.7 Å². The molecule has 35 heavy (non-hydrogen) atoms. The number of nitrogens with zero attached hydrogens (tertiary/aromatic N) is 4. The van der Waals surface area contributed by atoms with Crippen molar-refractivity contribution in [3.63, 3.8) is 0 Å². The van der Waals surface area contributed by atoms with Crippen LogP contribution in [-0.2, 0) is 4.74 Å². The summed E-state index contributed by atoms with van der Waals surface area (Å²) in [5, 5.41) is 24.0. The lowest BCUT2D eigenvalue weighted by molar-refractivity contribution is -0.0108. The van der Waals surface area contributed by atoms with Crippen molar-refractivity contribution in [1.29, 1.82) is 5.26 Å². The third kappa shape index (κ3) is 6.65. The summed E-state index contributed by atoms with van der Waals surface area (Å²) < 4.78 is 16.1. The molecular formula is C25H35N5O5. The number of ether oxygens (including phenoxy) is 3. The lowest BCUT2D eigenvalue weighted by Crippen LogP contribution is -2.42. The number of hydrogen-bond donors (Lipinski definition) is 2. The first kappa shape index (κ1) is 26.3. The van der Waals surface area contributed by atoms with E-state index in [1.807, 2.05) is 37.8 Å². The van der Waals surface area contributed by atoms with E-state index in [0.717, 1.165) is 24.0 Å². The van der Waals surface area contributed by atoms with Gasteiger partial charge in [0.2, 0.25) is 0 Å². The Morgan fingerprint density at radius 2 is 1.91 bits per heavy atom. The number of methoxy groups -OCH3 is 2. The molecule has 0 bridgehead atoms. The molecule has 0 aliphatic carbocycles. The van der Waals surface area contributed by atoms with Gasteiger partial charge in [0.1, 0.15) is 12.3 Å². The minimum Gasteiger partial charge on any atom is -0.493 e. The Labute approximate surface area is 206 Å². The minimum atomic E-state index is -0.730. The molecule has 10 nitrogen and oxygen atoms in total. The zero-order valence-electron chi connectivity index (χ0n) is 21.1. The number of aromatic nitrogens is 1.